The molecule has 1 heterocycles. The van der Waals surface area contributed by atoms with Crippen molar-refractivity contribution in [3.63, 3.8) is 0 Å². The van der Waals surface area contributed by atoms with E-state index in [2.05, 4.69) is 0 Å². The van der Waals surface area contributed by atoms with Crippen molar-refractivity contribution >= 4 is 11.0 Å². The molecule has 0 radical (unpaired) electrons. The molecule has 14 heavy (non-hydrogen) atoms. The summed E-state index contributed by atoms with van der Waals surface area (Å²) in [4.78, 5) is 11.5. The van der Waals surface area contributed by atoms with Crippen molar-refractivity contribution in [1.82, 2.24) is 0 Å². The molecule has 3 nitrogen and oxygen atoms in total. The summed E-state index contributed by atoms with van der Waals surface area (Å²) in [7, 11) is 0. The van der Waals surface area contributed by atoms with Crippen molar-refractivity contribution in [3.8, 4) is 0 Å². The molecule has 0 aliphatic carbocycles. The van der Waals surface area contributed by atoms with Crippen LogP contribution in [0.2, 0.25) is 0 Å². The number of aryl methyl sites for hydroxylation is 1. The fourth-order valence-corrected chi connectivity index (χ4v) is 1.53. The predicted octanol–water partition coefficient (Wildman–Crippen LogP) is 1.59. The first-order valence-electron chi connectivity index (χ1n) is 4.34. The van der Waals surface area contributed by atoms with E-state index in [4.69, 9.17) is 9.52 Å². The lowest BCUT2D eigenvalue weighted by atomic mass is 10.1. The minimum absolute atomic E-state index is 0.0644. The number of aliphatic hydroxyl groups excluding tert-OH is 1. The molecule has 0 saturated carbocycles. The van der Waals surface area contributed by atoms with Gasteiger partial charge >= 0.3 is 0 Å². The van der Waals surface area contributed by atoms with Gasteiger partial charge in [-0.05, 0) is 24.1 Å². The third-order valence-corrected chi connectivity index (χ3v) is 2.19. The van der Waals surface area contributed by atoms with Crippen LogP contribution in [0.1, 0.15) is 11.1 Å². The minimum atomic E-state index is -0.0790. The molecule has 2 aromatic rings. The van der Waals surface area contributed by atoms with E-state index < -0.39 is 0 Å². The summed E-state index contributed by atoms with van der Waals surface area (Å²) in [5.41, 5.74) is 2.11. The van der Waals surface area contributed by atoms with Gasteiger partial charge in [-0.2, -0.15) is 0 Å². The van der Waals surface area contributed by atoms with Crippen LogP contribution in [0.4, 0.5) is 0 Å². The maximum Gasteiger partial charge on any atom is 0.192 e. The Bertz CT molecular complexity index is 526. The van der Waals surface area contributed by atoms with Crippen molar-refractivity contribution in [3.05, 3.63) is 45.8 Å². The maximum absolute atomic E-state index is 11.5. The van der Waals surface area contributed by atoms with Crippen molar-refractivity contribution in [2.45, 2.75) is 13.5 Å². The van der Waals surface area contributed by atoms with Gasteiger partial charge in [0, 0.05) is 6.07 Å². The zero-order chi connectivity index (χ0) is 10.1. The summed E-state index contributed by atoms with van der Waals surface area (Å²) in [5, 5.41) is 9.50. The van der Waals surface area contributed by atoms with E-state index in [1.807, 2.05) is 13.0 Å². The summed E-state index contributed by atoms with van der Waals surface area (Å²) in [6.45, 7) is 1.79. The fourth-order valence-electron chi connectivity index (χ4n) is 1.53. The predicted molar refractivity (Wildman–Crippen MR) is 53.1 cm³/mol. The van der Waals surface area contributed by atoms with Gasteiger partial charge in [0.05, 0.1) is 18.3 Å². The Kier molecular flexibility index (Phi) is 2.09. The van der Waals surface area contributed by atoms with Crippen LogP contribution >= 0.6 is 0 Å². The molecule has 72 valence electrons. The molecule has 0 spiro atoms. The Morgan fingerprint density at radius 2 is 2.21 bits per heavy atom. The average molecular weight is 190 g/mol. The van der Waals surface area contributed by atoms with Crippen LogP contribution < -0.4 is 5.43 Å². The van der Waals surface area contributed by atoms with Gasteiger partial charge in [0.1, 0.15) is 5.58 Å². The lowest BCUT2D eigenvalue weighted by Crippen LogP contribution is -2.00. The van der Waals surface area contributed by atoms with Crippen LogP contribution in [0.15, 0.2) is 33.7 Å². The molecule has 0 fully saturated rings. The van der Waals surface area contributed by atoms with E-state index >= 15 is 0 Å². The van der Waals surface area contributed by atoms with Gasteiger partial charge < -0.3 is 9.52 Å². The first-order chi connectivity index (χ1) is 6.72. The highest BCUT2D eigenvalue weighted by atomic mass is 16.3. The zero-order valence-electron chi connectivity index (χ0n) is 7.78. The van der Waals surface area contributed by atoms with Crippen LogP contribution in [-0.4, -0.2) is 5.11 Å². The molecule has 0 aliphatic rings. The quantitative estimate of drug-likeness (QED) is 0.742. The SMILES string of the molecule is Cc1cc(CO)cc2c(=O)ccoc12. The number of benzene rings is 1. The standard InChI is InChI=1S/C11H10O3/c1-7-4-8(6-12)5-9-10(13)2-3-14-11(7)9/h2-5,12H,6H2,1H3. The van der Waals surface area contributed by atoms with E-state index in [0.29, 0.717) is 11.0 Å². The van der Waals surface area contributed by atoms with Gasteiger partial charge in [-0.25, -0.2) is 0 Å². The Balaban J connectivity index is 2.91. The summed E-state index contributed by atoms with van der Waals surface area (Å²) < 4.78 is 5.24. The average Bonchev–Trinajstić information content (AvgIpc) is 2.19. The van der Waals surface area contributed by atoms with E-state index in [1.165, 1.54) is 12.3 Å². The molecule has 0 saturated heterocycles. The molecule has 1 aromatic carbocycles. The van der Waals surface area contributed by atoms with Crippen LogP contribution in [0.5, 0.6) is 0 Å². The topological polar surface area (TPSA) is 50.4 Å². The highest BCUT2D eigenvalue weighted by Crippen LogP contribution is 2.17. The molecule has 1 aromatic heterocycles. The summed E-state index contributed by atoms with van der Waals surface area (Å²) in [5.74, 6) is 0. The van der Waals surface area contributed by atoms with Crippen molar-refractivity contribution < 1.29 is 9.52 Å². The second-order valence-corrected chi connectivity index (χ2v) is 3.23. The summed E-state index contributed by atoms with van der Waals surface area (Å²) in [6, 6.07) is 4.85. The van der Waals surface area contributed by atoms with Gasteiger partial charge in [-0.1, -0.05) is 6.07 Å². The molecule has 2 rings (SSSR count). The third-order valence-electron chi connectivity index (χ3n) is 2.19. The Hall–Kier alpha value is -1.61. The summed E-state index contributed by atoms with van der Waals surface area (Å²) >= 11 is 0. The Labute approximate surface area is 80.6 Å². The van der Waals surface area contributed by atoms with Gasteiger partial charge in [0.2, 0.25) is 0 Å². The Morgan fingerprint density at radius 1 is 1.43 bits per heavy atom. The molecular formula is C11H10O3. The monoisotopic (exact) mass is 190 g/mol. The zero-order valence-corrected chi connectivity index (χ0v) is 7.78. The first-order valence-corrected chi connectivity index (χ1v) is 4.34. The number of fused-ring (bicyclic) bond motifs is 1. The van der Waals surface area contributed by atoms with Gasteiger partial charge in [0.15, 0.2) is 5.43 Å². The van der Waals surface area contributed by atoms with Crippen LogP contribution in [-0.2, 0) is 6.61 Å². The maximum atomic E-state index is 11.5. The van der Waals surface area contributed by atoms with Crippen LogP contribution in [0, 0.1) is 6.92 Å². The lowest BCUT2D eigenvalue weighted by Gasteiger charge is -2.02. The molecule has 0 atom stereocenters. The molecule has 0 unspecified atom stereocenters. The second kappa shape index (κ2) is 3.27. The van der Waals surface area contributed by atoms with Gasteiger partial charge in [-0.3, -0.25) is 4.79 Å². The lowest BCUT2D eigenvalue weighted by molar-refractivity contribution is 0.282. The van der Waals surface area contributed by atoms with Crippen molar-refractivity contribution in [2.75, 3.05) is 0 Å². The molecule has 0 amide bonds. The highest BCUT2D eigenvalue weighted by Gasteiger charge is 2.04. The Morgan fingerprint density at radius 3 is 2.93 bits per heavy atom. The van der Waals surface area contributed by atoms with E-state index in [9.17, 15) is 4.79 Å². The van der Waals surface area contributed by atoms with Crippen LogP contribution in [0.25, 0.3) is 11.0 Å². The number of hydrogen-bond donors (Lipinski definition) is 1. The van der Waals surface area contributed by atoms with E-state index in [1.54, 1.807) is 6.07 Å². The third kappa shape index (κ3) is 1.32. The number of rotatable bonds is 1. The van der Waals surface area contributed by atoms with E-state index in [-0.39, 0.29) is 12.0 Å². The number of hydrogen-bond acceptors (Lipinski definition) is 3. The van der Waals surface area contributed by atoms with Gasteiger partial charge in [-0.15, -0.1) is 0 Å². The molecule has 0 aliphatic heterocycles. The largest absolute Gasteiger partial charge is 0.464 e. The highest BCUT2D eigenvalue weighted by molar-refractivity contribution is 5.80. The summed E-state index contributed by atoms with van der Waals surface area (Å²) in [6.07, 6.45) is 1.39. The molecule has 1 N–H and O–H groups in total. The smallest absolute Gasteiger partial charge is 0.192 e. The van der Waals surface area contributed by atoms with E-state index in [0.717, 1.165) is 11.1 Å². The van der Waals surface area contributed by atoms with Gasteiger partial charge in [0.25, 0.3) is 0 Å². The second-order valence-electron chi connectivity index (χ2n) is 3.23. The van der Waals surface area contributed by atoms with Crippen molar-refractivity contribution in [2.24, 2.45) is 0 Å². The molecular weight excluding hydrogens is 180 g/mol. The molecule has 3 heteroatoms. The minimum Gasteiger partial charge on any atom is -0.464 e. The molecule has 0 bridgehead atoms. The van der Waals surface area contributed by atoms with Crippen LogP contribution in [0.3, 0.4) is 0 Å². The van der Waals surface area contributed by atoms with Crippen molar-refractivity contribution in [1.29, 1.82) is 0 Å². The normalized spacial score (nSPS) is 10.7. The number of aliphatic hydroxyl groups is 1. The fraction of sp³-hybridized carbons (Fsp3) is 0.182. The first kappa shape index (κ1) is 8.97.